The smallest absolute Gasteiger partial charge is 0.203 e. The molecule has 4 heteroatoms. The molecule has 3 aromatic rings. The number of benzene rings is 2. The summed E-state index contributed by atoms with van der Waals surface area (Å²) in [5.74, 6) is 0.633. The molecule has 19 heavy (non-hydrogen) atoms. The Kier molecular flexibility index (Phi) is 3.05. The highest BCUT2D eigenvalue weighted by molar-refractivity contribution is 6.28. The van der Waals surface area contributed by atoms with Gasteiger partial charge in [0.1, 0.15) is 0 Å². The predicted molar refractivity (Wildman–Crippen MR) is 76.5 cm³/mol. The number of hydrogen-bond donors (Lipinski definition) is 0. The zero-order valence-corrected chi connectivity index (χ0v) is 11.2. The fraction of sp³-hybridized carbons (Fsp3) is 0.0667. The number of aryl methyl sites for hydroxylation is 1. The Bertz CT molecular complexity index is 687. The summed E-state index contributed by atoms with van der Waals surface area (Å²) in [4.78, 5) is 4.30. The number of rotatable bonds is 2. The lowest BCUT2D eigenvalue weighted by atomic mass is 10.1. The third-order valence-electron chi connectivity index (χ3n) is 2.88. The van der Waals surface area contributed by atoms with Gasteiger partial charge >= 0.3 is 0 Å². The fourth-order valence-electron chi connectivity index (χ4n) is 1.85. The number of para-hydroxylation sites is 1. The third-order valence-corrected chi connectivity index (χ3v) is 3.12. The van der Waals surface area contributed by atoms with Crippen LogP contribution in [0.3, 0.4) is 0 Å². The van der Waals surface area contributed by atoms with Gasteiger partial charge in [-0.1, -0.05) is 48.0 Å². The van der Waals surface area contributed by atoms with E-state index < -0.39 is 0 Å². The minimum Gasteiger partial charge on any atom is -0.203 e. The van der Waals surface area contributed by atoms with Crippen molar-refractivity contribution >= 4 is 11.6 Å². The summed E-state index contributed by atoms with van der Waals surface area (Å²) in [6, 6.07) is 17.8. The van der Waals surface area contributed by atoms with Gasteiger partial charge in [-0.2, -0.15) is 4.98 Å². The monoisotopic (exact) mass is 269 g/mol. The lowest BCUT2D eigenvalue weighted by Crippen LogP contribution is -1.96. The molecule has 0 saturated heterocycles. The van der Waals surface area contributed by atoms with Crippen molar-refractivity contribution in [3.05, 3.63) is 65.4 Å². The van der Waals surface area contributed by atoms with Gasteiger partial charge in [-0.25, -0.2) is 4.68 Å². The van der Waals surface area contributed by atoms with Crippen LogP contribution in [0.5, 0.6) is 0 Å². The van der Waals surface area contributed by atoms with Crippen molar-refractivity contribution in [2.24, 2.45) is 0 Å². The van der Waals surface area contributed by atoms with Crippen molar-refractivity contribution in [1.29, 1.82) is 0 Å². The molecule has 2 aromatic carbocycles. The summed E-state index contributed by atoms with van der Waals surface area (Å²) < 4.78 is 1.64. The zero-order valence-electron chi connectivity index (χ0n) is 10.4. The second kappa shape index (κ2) is 4.86. The van der Waals surface area contributed by atoms with Gasteiger partial charge in [-0.15, -0.1) is 5.10 Å². The van der Waals surface area contributed by atoms with Crippen molar-refractivity contribution in [3.8, 4) is 17.1 Å². The Morgan fingerprint density at radius 3 is 2.32 bits per heavy atom. The third kappa shape index (κ3) is 2.37. The largest absolute Gasteiger partial charge is 0.226 e. The van der Waals surface area contributed by atoms with Gasteiger partial charge in [-0.3, -0.25) is 0 Å². The molecule has 0 aliphatic heterocycles. The highest BCUT2D eigenvalue weighted by atomic mass is 35.5. The summed E-state index contributed by atoms with van der Waals surface area (Å²) in [6.45, 7) is 2.05. The average Bonchev–Trinajstić information content (AvgIpc) is 2.83. The lowest BCUT2D eigenvalue weighted by Gasteiger charge is -2.00. The predicted octanol–water partition coefficient (Wildman–Crippen LogP) is 3.90. The molecule has 1 heterocycles. The maximum Gasteiger partial charge on any atom is 0.226 e. The molecule has 0 fully saturated rings. The van der Waals surface area contributed by atoms with Gasteiger partial charge in [0.2, 0.25) is 5.28 Å². The molecule has 0 amide bonds. The number of hydrogen-bond acceptors (Lipinski definition) is 2. The van der Waals surface area contributed by atoms with Crippen LogP contribution in [0.1, 0.15) is 5.56 Å². The van der Waals surface area contributed by atoms with Gasteiger partial charge in [0.05, 0.1) is 5.69 Å². The van der Waals surface area contributed by atoms with Crippen molar-refractivity contribution < 1.29 is 0 Å². The first-order chi connectivity index (χ1) is 9.24. The SMILES string of the molecule is Cc1ccc(-c2nc(Cl)n(-c3ccccc3)n2)cc1. The molecule has 3 nitrogen and oxygen atoms in total. The van der Waals surface area contributed by atoms with Gasteiger partial charge in [-0.05, 0) is 30.7 Å². The minimum atomic E-state index is 0.363. The summed E-state index contributed by atoms with van der Waals surface area (Å²) in [5, 5.41) is 4.82. The number of halogens is 1. The van der Waals surface area contributed by atoms with E-state index >= 15 is 0 Å². The maximum atomic E-state index is 6.15. The summed E-state index contributed by atoms with van der Waals surface area (Å²) in [6.07, 6.45) is 0. The fourth-order valence-corrected chi connectivity index (χ4v) is 2.07. The van der Waals surface area contributed by atoms with E-state index in [4.69, 9.17) is 11.6 Å². The van der Waals surface area contributed by atoms with E-state index in [2.05, 4.69) is 10.1 Å². The molecular weight excluding hydrogens is 258 g/mol. The average molecular weight is 270 g/mol. The first-order valence-corrected chi connectivity index (χ1v) is 6.37. The van der Waals surface area contributed by atoms with Crippen molar-refractivity contribution in [2.75, 3.05) is 0 Å². The molecule has 94 valence electrons. The molecule has 0 radical (unpaired) electrons. The standard InChI is InChI=1S/C15H12ClN3/c1-11-7-9-12(10-8-11)14-17-15(16)19(18-14)13-5-3-2-4-6-13/h2-10H,1H3. The van der Waals surface area contributed by atoms with E-state index in [0.29, 0.717) is 11.1 Å². The van der Waals surface area contributed by atoms with E-state index in [1.165, 1.54) is 5.56 Å². The highest BCUT2D eigenvalue weighted by Gasteiger charge is 2.10. The zero-order chi connectivity index (χ0) is 13.2. The van der Waals surface area contributed by atoms with E-state index in [1.54, 1.807) is 4.68 Å². The topological polar surface area (TPSA) is 30.7 Å². The van der Waals surface area contributed by atoms with Crippen LogP contribution < -0.4 is 0 Å². The number of aromatic nitrogens is 3. The van der Waals surface area contributed by atoms with Gasteiger partial charge in [0.15, 0.2) is 5.82 Å². The molecule has 0 unspecified atom stereocenters. The molecule has 0 atom stereocenters. The lowest BCUT2D eigenvalue weighted by molar-refractivity contribution is 0.883. The van der Waals surface area contributed by atoms with Gasteiger partial charge < -0.3 is 0 Å². The molecule has 0 aliphatic carbocycles. The van der Waals surface area contributed by atoms with Crippen molar-refractivity contribution in [2.45, 2.75) is 6.92 Å². The Labute approximate surface area is 116 Å². The van der Waals surface area contributed by atoms with Crippen LogP contribution in [-0.4, -0.2) is 14.8 Å². The molecule has 0 spiro atoms. The second-order valence-corrected chi connectivity index (χ2v) is 4.66. The Balaban J connectivity index is 2.04. The number of nitrogens with zero attached hydrogens (tertiary/aromatic N) is 3. The Hall–Kier alpha value is -2.13. The van der Waals surface area contributed by atoms with Crippen LogP contribution in [0.25, 0.3) is 17.1 Å². The van der Waals surface area contributed by atoms with Crippen LogP contribution in [0.2, 0.25) is 5.28 Å². The minimum absolute atomic E-state index is 0.363. The van der Waals surface area contributed by atoms with Crippen molar-refractivity contribution in [3.63, 3.8) is 0 Å². The normalized spacial score (nSPS) is 10.6. The van der Waals surface area contributed by atoms with E-state index in [-0.39, 0.29) is 0 Å². The van der Waals surface area contributed by atoms with Crippen LogP contribution in [0.4, 0.5) is 0 Å². The van der Waals surface area contributed by atoms with E-state index in [0.717, 1.165) is 11.3 Å². The van der Waals surface area contributed by atoms with Gasteiger partial charge in [0.25, 0.3) is 0 Å². The van der Waals surface area contributed by atoms with Crippen LogP contribution in [-0.2, 0) is 0 Å². The summed E-state index contributed by atoms with van der Waals surface area (Å²) in [5.41, 5.74) is 3.07. The van der Waals surface area contributed by atoms with Crippen LogP contribution >= 0.6 is 11.6 Å². The van der Waals surface area contributed by atoms with Gasteiger partial charge in [0, 0.05) is 5.56 Å². The first-order valence-electron chi connectivity index (χ1n) is 5.99. The summed E-state index contributed by atoms with van der Waals surface area (Å²) >= 11 is 6.15. The van der Waals surface area contributed by atoms with E-state index in [1.807, 2.05) is 61.5 Å². The van der Waals surface area contributed by atoms with Crippen LogP contribution in [0.15, 0.2) is 54.6 Å². The molecular formula is C15H12ClN3. The molecule has 3 rings (SSSR count). The molecule has 1 aromatic heterocycles. The molecule has 0 bridgehead atoms. The van der Waals surface area contributed by atoms with E-state index in [9.17, 15) is 0 Å². The highest BCUT2D eigenvalue weighted by Crippen LogP contribution is 2.21. The second-order valence-electron chi connectivity index (χ2n) is 4.32. The Morgan fingerprint density at radius 2 is 1.63 bits per heavy atom. The Morgan fingerprint density at radius 1 is 0.947 bits per heavy atom. The maximum absolute atomic E-state index is 6.15. The summed E-state index contributed by atoms with van der Waals surface area (Å²) in [7, 11) is 0. The molecule has 0 saturated carbocycles. The van der Waals surface area contributed by atoms with Crippen LogP contribution in [0, 0.1) is 6.92 Å². The quantitative estimate of drug-likeness (QED) is 0.706. The molecule has 0 aliphatic rings. The first kappa shape index (κ1) is 11.9. The van der Waals surface area contributed by atoms with Crippen molar-refractivity contribution in [1.82, 2.24) is 14.8 Å². The molecule has 0 N–H and O–H groups in total.